The van der Waals surface area contributed by atoms with Crippen LogP contribution in [0.3, 0.4) is 0 Å². The molecule has 106 valence electrons. The molecule has 2 heteroatoms. The van der Waals surface area contributed by atoms with Crippen LogP contribution in [0.5, 0.6) is 0 Å². The van der Waals surface area contributed by atoms with Crippen molar-refractivity contribution in [2.24, 2.45) is 0 Å². The van der Waals surface area contributed by atoms with Gasteiger partial charge in [-0.3, -0.25) is 0 Å². The second kappa shape index (κ2) is 6.69. The number of aliphatic hydroxyl groups excluding tert-OH is 1. The molecule has 2 rings (SSSR count). The minimum absolute atomic E-state index is 0.231. The molecule has 2 unspecified atom stereocenters. The van der Waals surface area contributed by atoms with Gasteiger partial charge in [-0.2, -0.15) is 0 Å². The predicted molar refractivity (Wildman–Crippen MR) is 83.7 cm³/mol. The van der Waals surface area contributed by atoms with Gasteiger partial charge in [-0.25, -0.2) is 0 Å². The molecule has 0 radical (unpaired) electrons. The fourth-order valence-electron chi connectivity index (χ4n) is 2.50. The van der Waals surface area contributed by atoms with Crippen molar-refractivity contribution in [3.8, 4) is 0 Å². The third kappa shape index (κ3) is 3.69. The lowest BCUT2D eigenvalue weighted by Gasteiger charge is -2.19. The Labute approximate surface area is 121 Å². The van der Waals surface area contributed by atoms with E-state index in [9.17, 15) is 5.11 Å². The summed E-state index contributed by atoms with van der Waals surface area (Å²) in [5.41, 5.74) is 4.81. The highest BCUT2D eigenvalue weighted by Gasteiger charge is 2.11. The Morgan fingerprint density at radius 2 is 1.75 bits per heavy atom. The van der Waals surface area contributed by atoms with Gasteiger partial charge in [0.2, 0.25) is 0 Å². The summed E-state index contributed by atoms with van der Waals surface area (Å²) in [5, 5.41) is 13.6. The molecule has 0 aliphatic carbocycles. The highest BCUT2D eigenvalue weighted by Crippen LogP contribution is 2.19. The van der Waals surface area contributed by atoms with E-state index in [1.54, 1.807) is 0 Å². The Morgan fingerprint density at radius 1 is 1.05 bits per heavy atom. The van der Waals surface area contributed by atoms with E-state index in [0.717, 1.165) is 5.56 Å². The molecule has 0 amide bonds. The number of aliphatic hydroxyl groups is 1. The van der Waals surface area contributed by atoms with E-state index >= 15 is 0 Å². The van der Waals surface area contributed by atoms with Gasteiger partial charge in [0.05, 0.1) is 6.10 Å². The van der Waals surface area contributed by atoms with Gasteiger partial charge in [-0.05, 0) is 37.5 Å². The fraction of sp³-hybridized carbons (Fsp3) is 0.333. The molecule has 0 bridgehead atoms. The van der Waals surface area contributed by atoms with Crippen molar-refractivity contribution < 1.29 is 5.11 Å². The number of nitrogens with one attached hydrogen (secondary N) is 1. The summed E-state index contributed by atoms with van der Waals surface area (Å²) in [7, 11) is 0. The SMILES string of the molecule is Cc1ccc(C(C)NCC(O)c2ccccc2)c(C)c1. The zero-order valence-electron chi connectivity index (χ0n) is 12.4. The second-order valence-electron chi connectivity index (χ2n) is 5.42. The lowest BCUT2D eigenvalue weighted by molar-refractivity contribution is 0.171. The highest BCUT2D eigenvalue weighted by molar-refractivity contribution is 5.32. The monoisotopic (exact) mass is 269 g/mol. The summed E-state index contributed by atoms with van der Waals surface area (Å²) >= 11 is 0. The molecule has 0 fully saturated rings. The minimum atomic E-state index is -0.468. The molecular weight excluding hydrogens is 246 g/mol. The van der Waals surface area contributed by atoms with Crippen LogP contribution in [0, 0.1) is 13.8 Å². The molecule has 0 aromatic heterocycles. The summed E-state index contributed by atoms with van der Waals surface area (Å²) in [6, 6.07) is 16.5. The van der Waals surface area contributed by atoms with Crippen molar-refractivity contribution in [2.45, 2.75) is 32.9 Å². The third-order valence-corrected chi connectivity index (χ3v) is 3.69. The van der Waals surface area contributed by atoms with Crippen LogP contribution in [0.4, 0.5) is 0 Å². The van der Waals surface area contributed by atoms with E-state index in [-0.39, 0.29) is 6.04 Å². The van der Waals surface area contributed by atoms with Gasteiger partial charge in [0.1, 0.15) is 0 Å². The first kappa shape index (κ1) is 14.8. The Bertz CT molecular complexity index is 551. The Balaban J connectivity index is 1.96. The van der Waals surface area contributed by atoms with E-state index in [4.69, 9.17) is 0 Å². The zero-order chi connectivity index (χ0) is 14.5. The number of rotatable bonds is 5. The molecule has 20 heavy (non-hydrogen) atoms. The molecule has 2 aromatic carbocycles. The number of benzene rings is 2. The summed E-state index contributed by atoms with van der Waals surface area (Å²) < 4.78 is 0. The summed E-state index contributed by atoms with van der Waals surface area (Å²) in [6.45, 7) is 6.93. The first-order chi connectivity index (χ1) is 9.58. The van der Waals surface area contributed by atoms with Crippen LogP contribution in [0.25, 0.3) is 0 Å². The molecule has 0 aliphatic heterocycles. The lowest BCUT2D eigenvalue weighted by Crippen LogP contribution is -2.25. The van der Waals surface area contributed by atoms with Crippen LogP contribution in [0.15, 0.2) is 48.5 Å². The van der Waals surface area contributed by atoms with Crippen molar-refractivity contribution >= 4 is 0 Å². The predicted octanol–water partition coefficient (Wildman–Crippen LogP) is 3.69. The van der Waals surface area contributed by atoms with E-state index in [2.05, 4.69) is 44.3 Å². The first-order valence-electron chi connectivity index (χ1n) is 7.11. The van der Waals surface area contributed by atoms with Crippen LogP contribution in [0.2, 0.25) is 0 Å². The Hall–Kier alpha value is -1.64. The maximum absolute atomic E-state index is 10.2. The van der Waals surface area contributed by atoms with E-state index in [1.807, 2.05) is 30.3 Å². The number of hydrogen-bond donors (Lipinski definition) is 2. The van der Waals surface area contributed by atoms with Crippen molar-refractivity contribution in [2.75, 3.05) is 6.54 Å². The average Bonchev–Trinajstić information content (AvgIpc) is 2.45. The van der Waals surface area contributed by atoms with E-state index < -0.39 is 6.10 Å². The average molecular weight is 269 g/mol. The number of hydrogen-bond acceptors (Lipinski definition) is 2. The fourth-order valence-corrected chi connectivity index (χ4v) is 2.50. The zero-order valence-corrected chi connectivity index (χ0v) is 12.4. The molecule has 0 spiro atoms. The van der Waals surface area contributed by atoms with Crippen LogP contribution in [-0.2, 0) is 0 Å². The van der Waals surface area contributed by atoms with Crippen LogP contribution < -0.4 is 5.32 Å². The van der Waals surface area contributed by atoms with Crippen LogP contribution >= 0.6 is 0 Å². The first-order valence-corrected chi connectivity index (χ1v) is 7.11. The maximum Gasteiger partial charge on any atom is 0.0914 e. The molecule has 2 nitrogen and oxygen atoms in total. The van der Waals surface area contributed by atoms with E-state index in [0.29, 0.717) is 6.54 Å². The topological polar surface area (TPSA) is 32.3 Å². The molecule has 2 N–H and O–H groups in total. The Morgan fingerprint density at radius 3 is 2.40 bits per heavy atom. The van der Waals surface area contributed by atoms with Gasteiger partial charge in [0.25, 0.3) is 0 Å². The van der Waals surface area contributed by atoms with Gasteiger partial charge < -0.3 is 10.4 Å². The molecule has 0 saturated heterocycles. The van der Waals surface area contributed by atoms with Gasteiger partial charge in [0, 0.05) is 12.6 Å². The summed E-state index contributed by atoms with van der Waals surface area (Å²) in [4.78, 5) is 0. The normalized spacial score (nSPS) is 14.0. The molecule has 0 saturated carbocycles. The molecular formula is C18H23NO. The standard InChI is InChI=1S/C18H23NO/c1-13-9-10-17(14(2)11-13)15(3)19-12-18(20)16-7-5-4-6-8-16/h4-11,15,18-20H,12H2,1-3H3. The molecule has 0 aliphatic rings. The van der Waals surface area contributed by atoms with Gasteiger partial charge in [0.15, 0.2) is 0 Å². The smallest absolute Gasteiger partial charge is 0.0914 e. The summed E-state index contributed by atoms with van der Waals surface area (Å²) in [5.74, 6) is 0. The largest absolute Gasteiger partial charge is 0.387 e. The van der Waals surface area contributed by atoms with Crippen molar-refractivity contribution in [3.05, 3.63) is 70.8 Å². The molecule has 2 atom stereocenters. The van der Waals surface area contributed by atoms with Gasteiger partial charge in [-0.1, -0.05) is 54.1 Å². The van der Waals surface area contributed by atoms with Crippen molar-refractivity contribution in [1.29, 1.82) is 0 Å². The van der Waals surface area contributed by atoms with Crippen LogP contribution in [0.1, 0.15) is 41.3 Å². The molecule has 2 aromatic rings. The Kier molecular flexibility index (Phi) is 4.94. The van der Waals surface area contributed by atoms with Gasteiger partial charge >= 0.3 is 0 Å². The maximum atomic E-state index is 10.2. The highest BCUT2D eigenvalue weighted by atomic mass is 16.3. The molecule has 0 heterocycles. The quantitative estimate of drug-likeness (QED) is 0.867. The lowest BCUT2D eigenvalue weighted by atomic mass is 10.00. The number of aryl methyl sites for hydroxylation is 2. The third-order valence-electron chi connectivity index (χ3n) is 3.69. The van der Waals surface area contributed by atoms with E-state index in [1.165, 1.54) is 16.7 Å². The van der Waals surface area contributed by atoms with Crippen LogP contribution in [-0.4, -0.2) is 11.7 Å². The van der Waals surface area contributed by atoms with Crippen molar-refractivity contribution in [1.82, 2.24) is 5.32 Å². The van der Waals surface area contributed by atoms with Crippen molar-refractivity contribution in [3.63, 3.8) is 0 Å². The minimum Gasteiger partial charge on any atom is -0.387 e. The second-order valence-corrected chi connectivity index (χ2v) is 5.42. The summed E-state index contributed by atoms with van der Waals surface area (Å²) in [6.07, 6.45) is -0.468. The van der Waals surface area contributed by atoms with Gasteiger partial charge in [-0.15, -0.1) is 0 Å².